The van der Waals surface area contributed by atoms with Crippen LogP contribution in [0.15, 0.2) is 0 Å². The Morgan fingerprint density at radius 3 is 1.00 bits per heavy atom. The van der Waals surface area contributed by atoms with Gasteiger partial charge in [-0.15, -0.1) is 0 Å². The molecule has 0 N–H and O–H groups in total. The summed E-state index contributed by atoms with van der Waals surface area (Å²) in [6.07, 6.45) is 0. The van der Waals surface area contributed by atoms with E-state index in [0.29, 0.717) is 0 Å². The van der Waals surface area contributed by atoms with Crippen molar-refractivity contribution in [2.45, 2.75) is 0 Å². The van der Waals surface area contributed by atoms with Crippen LogP contribution in [0.3, 0.4) is 0 Å². The molecule has 0 aliphatic heterocycles. The fraction of sp³-hybridized carbons (Fsp3) is 0. The Bertz CT molecular complexity index is 16.4. The van der Waals surface area contributed by atoms with Gasteiger partial charge in [-0.3, -0.25) is 7.32 Å². The van der Waals surface area contributed by atoms with Gasteiger partial charge in [-0.25, -0.2) is 0 Å². The molecule has 4 nitrogen and oxygen atoms in total. The molecule has 0 heterocycles. The van der Waals surface area contributed by atoms with Crippen molar-refractivity contribution < 1.29 is 57.9 Å². The molecule has 0 rings (SSSR count). The van der Waals surface area contributed by atoms with Crippen molar-refractivity contribution >= 4 is 45.1 Å². The molecule has 0 unspecified atom stereocenters. The molecule has 0 aliphatic rings. The molecule has 0 atom stereocenters. The minimum Gasteiger partial charge on any atom is -0.907 e. The Kier molecular flexibility index (Phi) is 51.3. The summed E-state index contributed by atoms with van der Waals surface area (Å²) in [4.78, 5) is 0. The van der Waals surface area contributed by atoms with Crippen molar-refractivity contribution in [1.29, 1.82) is 0 Å². The maximum Gasteiger partial charge on any atom is 3.00 e. The first-order valence-electron chi connectivity index (χ1n) is 0.707. The Balaban J connectivity index is -0.0000000150. The third-order valence-corrected chi connectivity index (χ3v) is 0. The van der Waals surface area contributed by atoms with Crippen LogP contribution in [0.2, 0.25) is 0 Å². The maximum atomic E-state index is 8.42. The van der Waals surface area contributed by atoms with Gasteiger partial charge in [-0.1, -0.05) is 0 Å². The molecular formula is BCaErO4+4. The van der Waals surface area contributed by atoms with Crippen molar-refractivity contribution in [3.05, 3.63) is 0 Å². The molecule has 0 amide bonds. The van der Waals surface area contributed by atoms with Crippen LogP contribution in [0, 0.1) is 37.3 Å². The van der Waals surface area contributed by atoms with E-state index < -0.39 is 7.32 Å². The predicted octanol–water partition coefficient (Wildman–Crippen LogP) is -4.45. The molecule has 0 aromatic rings. The average Bonchev–Trinajstić information content (AvgIpc) is 0.811. The van der Waals surface area contributed by atoms with Crippen LogP contribution in [-0.4, -0.2) is 45.1 Å². The van der Waals surface area contributed by atoms with Gasteiger partial charge in [0.2, 0.25) is 0 Å². The van der Waals surface area contributed by atoms with Crippen LogP contribution in [0.5, 0.6) is 0 Å². The van der Waals surface area contributed by atoms with Crippen LogP contribution in [0.25, 0.3) is 0 Å². The molecule has 0 bridgehead atoms. The first-order valence-corrected chi connectivity index (χ1v) is 0.707. The normalized spacial score (nSPS) is 3.86. The van der Waals surface area contributed by atoms with Crippen molar-refractivity contribution in [2.75, 3.05) is 0 Å². The van der Waals surface area contributed by atoms with E-state index in [1.54, 1.807) is 0 Å². The van der Waals surface area contributed by atoms with Gasteiger partial charge in [0.05, 0.1) is 0 Å². The van der Waals surface area contributed by atoms with Gasteiger partial charge in [-0.05, 0) is 0 Å². The summed E-state index contributed by atoms with van der Waals surface area (Å²) in [5, 5.41) is 25.2. The second-order valence-electron chi connectivity index (χ2n) is 0.289. The SMILES string of the molecule is [Ca+2].[Er+3].[O+2].[O-]B([O-])[O-]. The summed E-state index contributed by atoms with van der Waals surface area (Å²) < 4.78 is 0. The van der Waals surface area contributed by atoms with Crippen molar-refractivity contribution in [3.63, 3.8) is 0 Å². The van der Waals surface area contributed by atoms with Crippen LogP contribution in [-0.2, 0) is 5.48 Å². The summed E-state index contributed by atoms with van der Waals surface area (Å²) in [6, 6.07) is 0. The van der Waals surface area contributed by atoms with Crippen LogP contribution in [0.1, 0.15) is 0 Å². The summed E-state index contributed by atoms with van der Waals surface area (Å²) in [5.74, 6) is 0. The minimum atomic E-state index is -2.92. The third kappa shape index (κ3) is 59.5. The average molecular weight is 282 g/mol. The predicted molar refractivity (Wildman–Crippen MR) is 12.2 cm³/mol. The molecule has 0 saturated carbocycles. The molecular weight excluding hydrogens is 282 g/mol. The Labute approximate surface area is 101 Å². The first-order chi connectivity index (χ1) is 1.73. The van der Waals surface area contributed by atoms with E-state index in [1.165, 1.54) is 0 Å². The fourth-order valence-corrected chi connectivity index (χ4v) is 0. The second kappa shape index (κ2) is 15.8. The van der Waals surface area contributed by atoms with E-state index in [4.69, 9.17) is 15.1 Å². The summed E-state index contributed by atoms with van der Waals surface area (Å²) in [5.41, 5.74) is 0. The van der Waals surface area contributed by atoms with E-state index in [1.807, 2.05) is 0 Å². The molecule has 0 aromatic carbocycles. The fourth-order valence-electron chi connectivity index (χ4n) is 0. The van der Waals surface area contributed by atoms with Gasteiger partial charge in [0.25, 0.3) is 0 Å². The standard InChI is InChI=1S/BO3.Ca.Er.O/c2-1(3)4;;;/q-3;+2;+3;+2. The molecule has 7 heavy (non-hydrogen) atoms. The van der Waals surface area contributed by atoms with E-state index in [0.717, 1.165) is 0 Å². The summed E-state index contributed by atoms with van der Waals surface area (Å²) >= 11 is 0. The molecule has 0 saturated heterocycles. The zero-order valence-electron chi connectivity index (χ0n) is 3.21. The summed E-state index contributed by atoms with van der Waals surface area (Å²) in [7, 11) is -2.92. The van der Waals surface area contributed by atoms with Crippen molar-refractivity contribution in [2.24, 2.45) is 0 Å². The van der Waals surface area contributed by atoms with Gasteiger partial charge in [0, 0.05) is 0 Å². The quantitative estimate of drug-likeness (QED) is 0.419. The Hall–Kier alpha value is 2.41. The molecule has 37 valence electrons. The number of hydrogen-bond acceptors (Lipinski definition) is 3. The largest absolute Gasteiger partial charge is 3.00 e. The monoisotopic (exact) mass is 281 g/mol. The first kappa shape index (κ1) is 22.7. The molecule has 7 heteroatoms. The van der Waals surface area contributed by atoms with Gasteiger partial charge in [0.15, 0.2) is 0 Å². The minimum absolute atomic E-state index is 0. The van der Waals surface area contributed by atoms with Crippen molar-refractivity contribution in [3.8, 4) is 0 Å². The van der Waals surface area contributed by atoms with Gasteiger partial charge in [-0.2, -0.15) is 0 Å². The maximum absolute atomic E-state index is 8.42. The smallest absolute Gasteiger partial charge is 0.907 e. The van der Waals surface area contributed by atoms with Crippen molar-refractivity contribution in [1.82, 2.24) is 0 Å². The van der Waals surface area contributed by atoms with Gasteiger partial charge >= 0.3 is 80.5 Å². The molecule has 0 spiro atoms. The topological polar surface area (TPSA) is 97.7 Å². The van der Waals surface area contributed by atoms with E-state index in [-0.39, 0.29) is 80.5 Å². The van der Waals surface area contributed by atoms with Crippen LogP contribution < -0.4 is 15.1 Å². The van der Waals surface area contributed by atoms with Crippen LogP contribution >= 0.6 is 0 Å². The zero-order chi connectivity index (χ0) is 3.58. The summed E-state index contributed by atoms with van der Waals surface area (Å²) in [6.45, 7) is 0. The van der Waals surface area contributed by atoms with E-state index >= 15 is 0 Å². The molecule has 0 aliphatic carbocycles. The van der Waals surface area contributed by atoms with Gasteiger partial charge < -0.3 is 15.1 Å². The number of hydrogen-bond donors (Lipinski definition) is 0. The number of rotatable bonds is 0. The van der Waals surface area contributed by atoms with Crippen LogP contribution in [0.4, 0.5) is 0 Å². The zero-order valence-corrected chi connectivity index (χ0v) is 7.27. The van der Waals surface area contributed by atoms with Gasteiger partial charge in [0.1, 0.15) is 0 Å². The molecule has 0 aromatic heterocycles. The van der Waals surface area contributed by atoms with E-state index in [9.17, 15) is 0 Å². The Morgan fingerprint density at radius 1 is 1.00 bits per heavy atom. The second-order valence-corrected chi connectivity index (χ2v) is 0.289. The third-order valence-electron chi connectivity index (χ3n) is 0. The molecule has 0 fully saturated rings. The molecule has 5 radical (unpaired) electrons. The Morgan fingerprint density at radius 2 is 1.00 bits per heavy atom. The van der Waals surface area contributed by atoms with E-state index in [2.05, 4.69) is 0 Å².